The number of amides is 1. The summed E-state index contributed by atoms with van der Waals surface area (Å²) in [5.74, 6) is -0.265. The van der Waals surface area contributed by atoms with Gasteiger partial charge in [-0.15, -0.1) is 0 Å². The molecule has 1 aromatic rings. The number of carbonyl (C=O) groups excluding carboxylic acids is 1. The lowest BCUT2D eigenvalue weighted by atomic mass is 10.1. The molecule has 0 atom stereocenters. The molecule has 0 saturated carbocycles. The molecule has 1 heterocycles. The van der Waals surface area contributed by atoms with Crippen molar-refractivity contribution in [1.29, 1.82) is 0 Å². The fraction of sp³-hybridized carbons (Fsp3) is 0.417. The summed E-state index contributed by atoms with van der Waals surface area (Å²) < 4.78 is 21.9. The van der Waals surface area contributed by atoms with Crippen molar-refractivity contribution in [2.75, 3.05) is 18.6 Å². The number of rotatable bonds is 4. The quantitative estimate of drug-likeness (QED) is 0.810. The Hall–Kier alpha value is -1.40. The topological polar surface area (TPSA) is 75.3 Å². The van der Waals surface area contributed by atoms with Gasteiger partial charge in [0, 0.05) is 31.5 Å². The zero-order valence-electron chi connectivity index (χ0n) is 10.2. The maximum Gasteiger partial charge on any atom is 0.251 e. The maximum atomic E-state index is 11.8. The van der Waals surface area contributed by atoms with E-state index in [1.54, 1.807) is 6.07 Å². The molecule has 1 amide bonds. The smallest absolute Gasteiger partial charge is 0.251 e. The van der Waals surface area contributed by atoms with Crippen LogP contribution in [0.3, 0.4) is 0 Å². The summed E-state index contributed by atoms with van der Waals surface area (Å²) in [6, 6.07) is 5.55. The largest absolute Gasteiger partial charge is 0.351 e. The minimum atomic E-state index is -3.04. The molecule has 5 nitrogen and oxygen atoms in total. The van der Waals surface area contributed by atoms with E-state index in [2.05, 4.69) is 10.6 Å². The van der Waals surface area contributed by atoms with Crippen molar-refractivity contribution in [2.24, 2.45) is 0 Å². The Morgan fingerprint density at radius 1 is 1.33 bits per heavy atom. The van der Waals surface area contributed by atoms with E-state index in [9.17, 15) is 13.2 Å². The molecule has 2 rings (SSSR count). The van der Waals surface area contributed by atoms with Gasteiger partial charge < -0.3 is 10.6 Å². The highest BCUT2D eigenvalue weighted by Crippen LogP contribution is 2.16. The molecule has 2 N–H and O–H groups in total. The second-order valence-corrected chi connectivity index (χ2v) is 6.73. The van der Waals surface area contributed by atoms with Crippen LogP contribution < -0.4 is 10.6 Å². The van der Waals surface area contributed by atoms with Crippen molar-refractivity contribution in [1.82, 2.24) is 10.6 Å². The first-order chi connectivity index (χ1) is 8.46. The Balaban J connectivity index is 1.97. The molecule has 98 valence electrons. The van der Waals surface area contributed by atoms with Crippen LogP contribution in [-0.2, 0) is 22.9 Å². The molecule has 0 aromatic heterocycles. The Morgan fingerprint density at radius 2 is 2.06 bits per heavy atom. The van der Waals surface area contributed by atoms with Gasteiger partial charge in [0.2, 0.25) is 0 Å². The molecule has 0 unspecified atom stereocenters. The minimum absolute atomic E-state index is 0.0365. The number of hydrogen-bond acceptors (Lipinski definition) is 4. The summed E-state index contributed by atoms with van der Waals surface area (Å²) in [6.45, 7) is 1.76. The summed E-state index contributed by atoms with van der Waals surface area (Å²) in [7, 11) is -3.04. The van der Waals surface area contributed by atoms with Gasteiger partial charge in [-0.25, -0.2) is 8.42 Å². The first-order valence-electron chi connectivity index (χ1n) is 5.74. The van der Waals surface area contributed by atoms with E-state index >= 15 is 0 Å². The number of carbonyl (C=O) groups is 1. The van der Waals surface area contributed by atoms with Gasteiger partial charge in [-0.3, -0.25) is 4.79 Å². The SMILES string of the molecule is CS(=O)(=O)CCNC(=O)c1ccc2c(c1)CNC2. The predicted octanol–water partition coefficient (Wildman–Crippen LogP) is 0.0642. The Labute approximate surface area is 107 Å². The molecule has 1 aromatic carbocycles. The molecule has 0 fully saturated rings. The predicted molar refractivity (Wildman–Crippen MR) is 69.0 cm³/mol. The second-order valence-electron chi connectivity index (χ2n) is 4.47. The lowest BCUT2D eigenvalue weighted by Gasteiger charge is -2.06. The Kier molecular flexibility index (Phi) is 3.68. The average Bonchev–Trinajstić information content (AvgIpc) is 2.73. The first-order valence-corrected chi connectivity index (χ1v) is 7.80. The van der Waals surface area contributed by atoms with Crippen molar-refractivity contribution in [3.63, 3.8) is 0 Å². The molecule has 1 aliphatic rings. The summed E-state index contributed by atoms with van der Waals surface area (Å²) in [6.07, 6.45) is 1.15. The number of benzene rings is 1. The summed E-state index contributed by atoms with van der Waals surface area (Å²) in [5, 5.41) is 5.81. The molecule has 0 saturated heterocycles. The van der Waals surface area contributed by atoms with Crippen LogP contribution in [0.15, 0.2) is 18.2 Å². The van der Waals surface area contributed by atoms with Gasteiger partial charge in [-0.1, -0.05) is 6.07 Å². The fourth-order valence-electron chi connectivity index (χ4n) is 1.89. The molecule has 6 heteroatoms. The molecule has 0 radical (unpaired) electrons. The van der Waals surface area contributed by atoms with Crippen LogP contribution in [-0.4, -0.2) is 32.9 Å². The Morgan fingerprint density at radius 3 is 2.78 bits per heavy atom. The van der Waals surface area contributed by atoms with E-state index in [1.165, 1.54) is 5.56 Å². The highest BCUT2D eigenvalue weighted by molar-refractivity contribution is 7.90. The maximum absolute atomic E-state index is 11.8. The molecule has 0 bridgehead atoms. The molecule has 0 spiro atoms. The van der Waals surface area contributed by atoms with Gasteiger partial charge in [0.25, 0.3) is 5.91 Å². The third-order valence-corrected chi connectivity index (χ3v) is 3.80. The standard InChI is InChI=1S/C12H16N2O3S/c1-18(16,17)5-4-14-12(15)9-2-3-10-7-13-8-11(10)6-9/h2-3,6,13H,4-5,7-8H2,1H3,(H,14,15). The van der Waals surface area contributed by atoms with Crippen molar-refractivity contribution < 1.29 is 13.2 Å². The van der Waals surface area contributed by atoms with Gasteiger partial charge in [-0.05, 0) is 23.3 Å². The number of sulfone groups is 1. The first kappa shape index (κ1) is 13.0. The van der Waals surface area contributed by atoms with Crippen molar-refractivity contribution in [2.45, 2.75) is 13.1 Å². The van der Waals surface area contributed by atoms with Crippen molar-refractivity contribution >= 4 is 15.7 Å². The zero-order chi connectivity index (χ0) is 13.2. The van der Waals surface area contributed by atoms with Crippen LogP contribution in [0, 0.1) is 0 Å². The third kappa shape index (κ3) is 3.30. The van der Waals surface area contributed by atoms with Crippen LogP contribution in [0.2, 0.25) is 0 Å². The van der Waals surface area contributed by atoms with Gasteiger partial charge >= 0.3 is 0 Å². The van der Waals surface area contributed by atoms with Crippen molar-refractivity contribution in [3.05, 3.63) is 34.9 Å². The second kappa shape index (κ2) is 5.07. The minimum Gasteiger partial charge on any atom is -0.351 e. The van der Waals surface area contributed by atoms with E-state index in [0.29, 0.717) is 5.56 Å². The third-order valence-electron chi connectivity index (χ3n) is 2.86. The number of nitrogens with one attached hydrogen (secondary N) is 2. The number of fused-ring (bicyclic) bond motifs is 1. The highest BCUT2D eigenvalue weighted by Gasteiger charge is 2.13. The van der Waals surface area contributed by atoms with Crippen LogP contribution in [0.4, 0.5) is 0 Å². The summed E-state index contributed by atoms with van der Waals surface area (Å²) in [5.41, 5.74) is 2.92. The van der Waals surface area contributed by atoms with E-state index in [1.807, 2.05) is 12.1 Å². The molecule has 0 aliphatic carbocycles. The molecule has 18 heavy (non-hydrogen) atoms. The average molecular weight is 268 g/mol. The van der Waals surface area contributed by atoms with Crippen molar-refractivity contribution in [3.8, 4) is 0 Å². The normalized spacial score (nSPS) is 14.3. The zero-order valence-corrected chi connectivity index (χ0v) is 11.0. The van der Waals surface area contributed by atoms with E-state index in [4.69, 9.17) is 0 Å². The van der Waals surface area contributed by atoms with Crippen LogP contribution in [0.25, 0.3) is 0 Å². The van der Waals surface area contributed by atoms with E-state index in [-0.39, 0.29) is 18.2 Å². The summed E-state index contributed by atoms with van der Waals surface area (Å²) >= 11 is 0. The van der Waals surface area contributed by atoms with E-state index < -0.39 is 9.84 Å². The highest BCUT2D eigenvalue weighted by atomic mass is 32.2. The number of hydrogen-bond donors (Lipinski definition) is 2. The monoisotopic (exact) mass is 268 g/mol. The van der Waals surface area contributed by atoms with Gasteiger partial charge in [0.1, 0.15) is 9.84 Å². The lowest BCUT2D eigenvalue weighted by Crippen LogP contribution is -2.28. The molecular formula is C12H16N2O3S. The Bertz CT molecular complexity index is 567. The van der Waals surface area contributed by atoms with Gasteiger partial charge in [-0.2, -0.15) is 0 Å². The van der Waals surface area contributed by atoms with Crippen LogP contribution in [0.5, 0.6) is 0 Å². The van der Waals surface area contributed by atoms with Gasteiger partial charge in [0.05, 0.1) is 5.75 Å². The summed E-state index contributed by atoms with van der Waals surface area (Å²) in [4.78, 5) is 11.8. The molecule has 1 aliphatic heterocycles. The van der Waals surface area contributed by atoms with Gasteiger partial charge in [0.15, 0.2) is 0 Å². The van der Waals surface area contributed by atoms with Crippen LogP contribution in [0.1, 0.15) is 21.5 Å². The van der Waals surface area contributed by atoms with E-state index in [0.717, 1.165) is 24.9 Å². The molecular weight excluding hydrogens is 252 g/mol. The van der Waals surface area contributed by atoms with Crippen LogP contribution >= 0.6 is 0 Å². The lowest BCUT2D eigenvalue weighted by molar-refractivity contribution is 0.0956. The fourth-order valence-corrected chi connectivity index (χ4v) is 2.36.